The monoisotopic (exact) mass is 192 g/mol. The third kappa shape index (κ3) is 2.99. The first-order valence-electron chi connectivity index (χ1n) is 3.13. The summed E-state index contributed by atoms with van der Waals surface area (Å²) in [5, 5.41) is 4.63. The summed E-state index contributed by atoms with van der Waals surface area (Å²) in [6, 6.07) is 0. The van der Waals surface area contributed by atoms with Gasteiger partial charge >= 0.3 is 5.97 Å². The lowest BCUT2D eigenvalue weighted by Gasteiger charge is -2.08. The standard InChI is InChI=1S/C7H9ClO2S/c1-6(9)10-5-11-3-2-7(8)4-11/h2-4,11H,5H2,1H3. The van der Waals surface area contributed by atoms with Gasteiger partial charge in [-0.15, -0.1) is 0 Å². The molecule has 0 N–H and O–H groups in total. The van der Waals surface area contributed by atoms with E-state index in [1.54, 1.807) is 0 Å². The maximum absolute atomic E-state index is 10.4. The van der Waals surface area contributed by atoms with Crippen molar-refractivity contribution in [2.45, 2.75) is 6.92 Å². The van der Waals surface area contributed by atoms with Gasteiger partial charge < -0.3 is 4.74 Å². The van der Waals surface area contributed by atoms with Crippen LogP contribution >= 0.6 is 22.5 Å². The zero-order valence-corrected chi connectivity index (χ0v) is 7.73. The van der Waals surface area contributed by atoms with E-state index in [1.165, 1.54) is 6.92 Å². The first-order chi connectivity index (χ1) is 5.18. The molecule has 11 heavy (non-hydrogen) atoms. The van der Waals surface area contributed by atoms with E-state index in [9.17, 15) is 4.79 Å². The van der Waals surface area contributed by atoms with Gasteiger partial charge in [0.15, 0.2) is 0 Å². The van der Waals surface area contributed by atoms with Crippen LogP contribution in [0.1, 0.15) is 6.92 Å². The van der Waals surface area contributed by atoms with E-state index in [4.69, 9.17) is 16.3 Å². The number of rotatable bonds is 2. The van der Waals surface area contributed by atoms with Crippen molar-refractivity contribution in [3.63, 3.8) is 0 Å². The third-order valence-corrected chi connectivity index (χ3v) is 3.09. The van der Waals surface area contributed by atoms with E-state index in [-0.39, 0.29) is 5.97 Å². The highest BCUT2D eigenvalue weighted by Gasteiger charge is 2.04. The summed E-state index contributed by atoms with van der Waals surface area (Å²) in [5.41, 5.74) is 0. The third-order valence-electron chi connectivity index (χ3n) is 1.13. The molecule has 0 aliphatic carbocycles. The summed E-state index contributed by atoms with van der Waals surface area (Å²) in [7, 11) is -0.435. The Bertz CT molecular complexity index is 222. The van der Waals surface area contributed by atoms with Gasteiger partial charge in [0.25, 0.3) is 0 Å². The minimum atomic E-state index is -0.435. The molecule has 0 aromatic carbocycles. The Morgan fingerprint density at radius 1 is 1.82 bits per heavy atom. The summed E-state index contributed by atoms with van der Waals surface area (Å²) in [4.78, 5) is 10.4. The number of carbonyl (C=O) groups excluding carboxylic acids is 1. The van der Waals surface area contributed by atoms with Crippen LogP contribution in [0.4, 0.5) is 0 Å². The average molecular weight is 193 g/mol. The Balaban J connectivity index is 2.30. The van der Waals surface area contributed by atoms with Gasteiger partial charge in [0.05, 0.1) is 0 Å². The fourth-order valence-electron chi connectivity index (χ4n) is 0.657. The number of carbonyl (C=O) groups is 1. The van der Waals surface area contributed by atoms with Gasteiger partial charge in [0.1, 0.15) is 5.94 Å². The predicted molar refractivity (Wildman–Crippen MR) is 48.7 cm³/mol. The van der Waals surface area contributed by atoms with Gasteiger partial charge in [-0.2, -0.15) is 10.9 Å². The van der Waals surface area contributed by atoms with Gasteiger partial charge in [-0.25, -0.2) is 0 Å². The summed E-state index contributed by atoms with van der Waals surface area (Å²) in [5.74, 6) is 0.217. The number of thiol groups is 1. The first-order valence-corrected chi connectivity index (χ1v) is 5.17. The van der Waals surface area contributed by atoms with E-state index in [0.717, 1.165) is 5.03 Å². The second-order valence-corrected chi connectivity index (χ2v) is 4.39. The summed E-state index contributed by atoms with van der Waals surface area (Å²) in [6.45, 7) is 1.40. The molecule has 0 aromatic rings. The molecule has 1 aliphatic heterocycles. The summed E-state index contributed by atoms with van der Waals surface area (Å²) < 4.78 is 4.81. The van der Waals surface area contributed by atoms with Gasteiger partial charge in [0.2, 0.25) is 0 Å². The molecular weight excluding hydrogens is 184 g/mol. The molecule has 0 amide bonds. The van der Waals surface area contributed by atoms with E-state index < -0.39 is 10.9 Å². The van der Waals surface area contributed by atoms with Crippen LogP contribution in [0.15, 0.2) is 21.9 Å². The van der Waals surface area contributed by atoms with E-state index in [0.29, 0.717) is 5.94 Å². The molecular formula is C7H9ClO2S. The van der Waals surface area contributed by atoms with E-state index >= 15 is 0 Å². The maximum atomic E-state index is 10.4. The van der Waals surface area contributed by atoms with Crippen molar-refractivity contribution in [3.8, 4) is 0 Å². The van der Waals surface area contributed by atoms with Gasteiger partial charge in [0, 0.05) is 12.0 Å². The fourth-order valence-corrected chi connectivity index (χ4v) is 2.52. The van der Waals surface area contributed by atoms with E-state index in [2.05, 4.69) is 0 Å². The highest BCUT2D eigenvalue weighted by atomic mass is 35.5. The highest BCUT2D eigenvalue weighted by Crippen LogP contribution is 2.37. The van der Waals surface area contributed by atoms with Crippen LogP contribution in [0.2, 0.25) is 0 Å². The molecule has 0 fully saturated rings. The molecule has 1 rings (SSSR count). The molecule has 2 nitrogen and oxygen atoms in total. The van der Waals surface area contributed by atoms with Gasteiger partial charge in [-0.05, 0) is 16.9 Å². The van der Waals surface area contributed by atoms with Crippen molar-refractivity contribution in [1.82, 2.24) is 0 Å². The van der Waals surface area contributed by atoms with Crippen molar-refractivity contribution in [2.75, 3.05) is 5.94 Å². The molecule has 1 heterocycles. The lowest BCUT2D eigenvalue weighted by atomic mass is 10.6. The summed E-state index contributed by atoms with van der Waals surface area (Å²) in [6.07, 6.45) is 1.83. The molecule has 62 valence electrons. The quantitative estimate of drug-likeness (QED) is 0.536. The SMILES string of the molecule is CC(=O)OC[SH]1C=CC(Cl)=C1. The largest absolute Gasteiger partial charge is 0.456 e. The molecule has 1 unspecified atom stereocenters. The molecule has 1 atom stereocenters. The second-order valence-electron chi connectivity index (χ2n) is 2.11. The zero-order chi connectivity index (χ0) is 8.27. The van der Waals surface area contributed by atoms with Gasteiger partial charge in [-0.3, -0.25) is 4.79 Å². The molecule has 1 aliphatic rings. The van der Waals surface area contributed by atoms with Crippen LogP contribution in [-0.2, 0) is 9.53 Å². The first kappa shape index (κ1) is 8.68. The van der Waals surface area contributed by atoms with Crippen molar-refractivity contribution >= 4 is 28.5 Å². The Hall–Kier alpha value is -0.410. The Morgan fingerprint density at radius 2 is 2.55 bits per heavy atom. The summed E-state index contributed by atoms with van der Waals surface area (Å²) >= 11 is 5.67. The number of ether oxygens (including phenoxy) is 1. The van der Waals surface area contributed by atoms with Crippen LogP contribution in [0.25, 0.3) is 0 Å². The van der Waals surface area contributed by atoms with Crippen LogP contribution < -0.4 is 0 Å². The van der Waals surface area contributed by atoms with Crippen molar-refractivity contribution in [3.05, 3.63) is 21.9 Å². The Kier molecular flexibility index (Phi) is 3.02. The normalized spacial score (nSPS) is 24.9. The van der Waals surface area contributed by atoms with E-state index in [1.807, 2.05) is 16.9 Å². The van der Waals surface area contributed by atoms with Crippen molar-refractivity contribution < 1.29 is 9.53 Å². The van der Waals surface area contributed by atoms with Gasteiger partial charge in [-0.1, -0.05) is 11.6 Å². The number of esters is 1. The molecule has 0 saturated carbocycles. The lowest BCUT2D eigenvalue weighted by molar-refractivity contribution is -0.138. The minimum absolute atomic E-state index is 0.239. The molecule has 0 bridgehead atoms. The lowest BCUT2D eigenvalue weighted by Crippen LogP contribution is -1.98. The van der Waals surface area contributed by atoms with Crippen LogP contribution in [0.3, 0.4) is 0 Å². The molecule has 0 spiro atoms. The minimum Gasteiger partial charge on any atom is -0.456 e. The number of allylic oxidation sites excluding steroid dienone is 2. The Labute approximate surface area is 73.2 Å². The molecule has 0 saturated heterocycles. The van der Waals surface area contributed by atoms with Crippen LogP contribution in [0.5, 0.6) is 0 Å². The zero-order valence-electron chi connectivity index (χ0n) is 6.08. The second kappa shape index (κ2) is 3.83. The highest BCUT2D eigenvalue weighted by molar-refractivity contribution is 8.22. The molecule has 4 heteroatoms. The molecule has 0 radical (unpaired) electrons. The topological polar surface area (TPSA) is 26.3 Å². The molecule has 0 aromatic heterocycles. The fraction of sp³-hybridized carbons (Fsp3) is 0.286. The van der Waals surface area contributed by atoms with Crippen molar-refractivity contribution in [2.24, 2.45) is 0 Å². The smallest absolute Gasteiger partial charge is 0.303 e. The number of hydrogen-bond acceptors (Lipinski definition) is 2. The number of hydrogen-bond donors (Lipinski definition) is 1. The van der Waals surface area contributed by atoms with Crippen molar-refractivity contribution in [1.29, 1.82) is 0 Å². The average Bonchev–Trinajstić information content (AvgIpc) is 2.31. The van der Waals surface area contributed by atoms with Crippen LogP contribution in [0, 0.1) is 0 Å². The number of halogens is 1. The maximum Gasteiger partial charge on any atom is 0.303 e. The van der Waals surface area contributed by atoms with Crippen LogP contribution in [-0.4, -0.2) is 11.9 Å². The predicted octanol–water partition coefficient (Wildman–Crippen LogP) is 2.12. The Morgan fingerprint density at radius 3 is 3.00 bits per heavy atom.